The van der Waals surface area contributed by atoms with Crippen molar-refractivity contribution in [1.82, 2.24) is 5.32 Å². The molecule has 1 aromatic carbocycles. The van der Waals surface area contributed by atoms with E-state index < -0.39 is 5.97 Å². The van der Waals surface area contributed by atoms with Gasteiger partial charge in [-0.1, -0.05) is 12.1 Å². The lowest BCUT2D eigenvalue weighted by Crippen LogP contribution is -2.10. The van der Waals surface area contributed by atoms with Gasteiger partial charge in [-0.05, 0) is 37.7 Å². The van der Waals surface area contributed by atoms with Crippen LogP contribution in [0.15, 0.2) is 24.3 Å². The number of hydrogen-bond donors (Lipinski definition) is 2. The Morgan fingerprint density at radius 2 is 2.31 bits per heavy atom. The predicted molar refractivity (Wildman–Crippen MR) is 51.0 cm³/mol. The highest BCUT2D eigenvalue weighted by atomic mass is 16.4. The zero-order valence-electron chi connectivity index (χ0n) is 7.58. The van der Waals surface area contributed by atoms with Crippen LogP contribution in [0.1, 0.15) is 15.9 Å². The Hall–Kier alpha value is -1.35. The normalized spacial score (nSPS) is 9.92. The molecule has 0 aliphatic heterocycles. The van der Waals surface area contributed by atoms with E-state index in [1.807, 2.05) is 13.1 Å². The molecule has 13 heavy (non-hydrogen) atoms. The van der Waals surface area contributed by atoms with E-state index in [9.17, 15) is 4.79 Å². The molecule has 0 unspecified atom stereocenters. The maximum atomic E-state index is 10.6. The number of carbonyl (C=O) groups is 1. The molecule has 0 bridgehead atoms. The van der Waals surface area contributed by atoms with Crippen LogP contribution in [0.4, 0.5) is 0 Å². The summed E-state index contributed by atoms with van der Waals surface area (Å²) in [6, 6.07) is 7.02. The number of hydrogen-bond acceptors (Lipinski definition) is 2. The van der Waals surface area contributed by atoms with E-state index in [1.54, 1.807) is 18.2 Å². The first kappa shape index (κ1) is 9.74. The topological polar surface area (TPSA) is 49.3 Å². The molecule has 0 radical (unpaired) electrons. The van der Waals surface area contributed by atoms with Crippen molar-refractivity contribution in [2.24, 2.45) is 0 Å². The monoisotopic (exact) mass is 179 g/mol. The minimum Gasteiger partial charge on any atom is -0.478 e. The smallest absolute Gasteiger partial charge is 0.335 e. The van der Waals surface area contributed by atoms with Crippen LogP contribution in [0.2, 0.25) is 0 Å². The van der Waals surface area contributed by atoms with Gasteiger partial charge in [0.05, 0.1) is 5.56 Å². The summed E-state index contributed by atoms with van der Waals surface area (Å²) in [5.41, 5.74) is 1.41. The Kier molecular flexibility index (Phi) is 3.46. The van der Waals surface area contributed by atoms with Gasteiger partial charge in [-0.3, -0.25) is 0 Å². The molecular weight excluding hydrogens is 166 g/mol. The van der Waals surface area contributed by atoms with E-state index in [-0.39, 0.29) is 0 Å². The average molecular weight is 179 g/mol. The summed E-state index contributed by atoms with van der Waals surface area (Å²) in [5, 5.41) is 11.7. The van der Waals surface area contributed by atoms with Crippen LogP contribution in [0.5, 0.6) is 0 Å². The van der Waals surface area contributed by atoms with Crippen LogP contribution in [-0.2, 0) is 6.42 Å². The third kappa shape index (κ3) is 2.87. The Bertz CT molecular complexity index is 297. The molecule has 0 amide bonds. The van der Waals surface area contributed by atoms with Crippen LogP contribution in [0, 0.1) is 0 Å². The second-order valence-corrected chi connectivity index (χ2v) is 2.86. The Balaban J connectivity index is 2.73. The quantitative estimate of drug-likeness (QED) is 0.728. The summed E-state index contributed by atoms with van der Waals surface area (Å²) in [6.07, 6.45) is 0.859. The highest BCUT2D eigenvalue weighted by Crippen LogP contribution is 2.05. The van der Waals surface area contributed by atoms with Crippen molar-refractivity contribution in [2.75, 3.05) is 13.6 Å². The van der Waals surface area contributed by atoms with Gasteiger partial charge in [0.25, 0.3) is 0 Å². The lowest BCUT2D eigenvalue weighted by molar-refractivity contribution is 0.0697. The fraction of sp³-hybridized carbons (Fsp3) is 0.300. The molecule has 0 saturated heterocycles. The summed E-state index contributed by atoms with van der Waals surface area (Å²) in [5.74, 6) is -0.869. The van der Waals surface area contributed by atoms with E-state index >= 15 is 0 Å². The maximum Gasteiger partial charge on any atom is 0.335 e. The van der Waals surface area contributed by atoms with Crippen molar-refractivity contribution in [3.63, 3.8) is 0 Å². The highest BCUT2D eigenvalue weighted by molar-refractivity contribution is 5.87. The van der Waals surface area contributed by atoms with E-state index in [0.29, 0.717) is 5.56 Å². The molecule has 0 aliphatic rings. The van der Waals surface area contributed by atoms with Gasteiger partial charge in [0.15, 0.2) is 0 Å². The molecule has 1 aromatic rings. The molecule has 0 spiro atoms. The van der Waals surface area contributed by atoms with Gasteiger partial charge in [-0.25, -0.2) is 4.79 Å². The summed E-state index contributed by atoms with van der Waals surface area (Å²) >= 11 is 0. The first-order valence-electron chi connectivity index (χ1n) is 4.21. The average Bonchev–Trinajstić information content (AvgIpc) is 2.15. The van der Waals surface area contributed by atoms with Gasteiger partial charge < -0.3 is 10.4 Å². The molecule has 0 heterocycles. The molecule has 70 valence electrons. The van der Waals surface area contributed by atoms with E-state index in [1.165, 1.54) is 0 Å². The number of carboxylic acids is 1. The lowest BCUT2D eigenvalue weighted by Gasteiger charge is -2.01. The van der Waals surface area contributed by atoms with Gasteiger partial charge in [-0.2, -0.15) is 0 Å². The second-order valence-electron chi connectivity index (χ2n) is 2.86. The fourth-order valence-electron chi connectivity index (χ4n) is 1.13. The predicted octanol–water partition coefficient (Wildman–Crippen LogP) is 1.15. The van der Waals surface area contributed by atoms with Gasteiger partial charge in [0, 0.05) is 0 Å². The Labute approximate surface area is 77.4 Å². The number of nitrogens with one attached hydrogen (secondary N) is 1. The third-order valence-corrected chi connectivity index (χ3v) is 1.84. The highest BCUT2D eigenvalue weighted by Gasteiger charge is 2.01. The maximum absolute atomic E-state index is 10.6. The second kappa shape index (κ2) is 4.62. The first-order chi connectivity index (χ1) is 6.24. The summed E-state index contributed by atoms with van der Waals surface area (Å²) < 4.78 is 0. The van der Waals surface area contributed by atoms with Crippen molar-refractivity contribution in [1.29, 1.82) is 0 Å². The zero-order chi connectivity index (χ0) is 9.68. The van der Waals surface area contributed by atoms with Crippen LogP contribution in [0.3, 0.4) is 0 Å². The summed E-state index contributed by atoms with van der Waals surface area (Å²) in [4.78, 5) is 10.6. The van der Waals surface area contributed by atoms with Crippen molar-refractivity contribution >= 4 is 5.97 Å². The molecule has 2 N–H and O–H groups in total. The standard InChI is InChI=1S/C10H13NO2/c1-11-6-5-8-3-2-4-9(7-8)10(12)13/h2-4,7,11H,5-6H2,1H3,(H,12,13). The fourth-order valence-corrected chi connectivity index (χ4v) is 1.13. The molecular formula is C10H13NO2. The number of rotatable bonds is 4. The Morgan fingerprint density at radius 1 is 1.54 bits per heavy atom. The molecule has 3 heteroatoms. The van der Waals surface area contributed by atoms with Gasteiger partial charge in [-0.15, -0.1) is 0 Å². The third-order valence-electron chi connectivity index (χ3n) is 1.84. The van der Waals surface area contributed by atoms with E-state index in [4.69, 9.17) is 5.11 Å². The summed E-state index contributed by atoms with van der Waals surface area (Å²) in [6.45, 7) is 0.864. The van der Waals surface area contributed by atoms with Crippen molar-refractivity contribution in [3.8, 4) is 0 Å². The van der Waals surface area contributed by atoms with Crippen LogP contribution < -0.4 is 5.32 Å². The lowest BCUT2D eigenvalue weighted by atomic mass is 10.1. The largest absolute Gasteiger partial charge is 0.478 e. The van der Waals surface area contributed by atoms with Crippen molar-refractivity contribution in [3.05, 3.63) is 35.4 Å². The molecule has 0 aliphatic carbocycles. The van der Waals surface area contributed by atoms with E-state index in [0.717, 1.165) is 18.5 Å². The number of likely N-dealkylation sites (N-methyl/N-ethyl adjacent to an activating group) is 1. The minimum absolute atomic E-state index is 0.355. The first-order valence-corrected chi connectivity index (χ1v) is 4.21. The van der Waals surface area contributed by atoms with Crippen LogP contribution >= 0.6 is 0 Å². The molecule has 0 fully saturated rings. The molecule has 0 atom stereocenters. The number of aromatic carboxylic acids is 1. The minimum atomic E-state index is -0.869. The van der Waals surface area contributed by atoms with Gasteiger partial charge in [0.2, 0.25) is 0 Å². The van der Waals surface area contributed by atoms with Crippen LogP contribution in [-0.4, -0.2) is 24.7 Å². The van der Waals surface area contributed by atoms with E-state index in [2.05, 4.69) is 5.32 Å². The summed E-state index contributed by atoms with van der Waals surface area (Å²) in [7, 11) is 1.88. The molecule has 0 aromatic heterocycles. The van der Waals surface area contributed by atoms with Crippen LogP contribution in [0.25, 0.3) is 0 Å². The van der Waals surface area contributed by atoms with Crippen molar-refractivity contribution < 1.29 is 9.90 Å². The molecule has 1 rings (SSSR count). The molecule has 0 saturated carbocycles. The Morgan fingerprint density at radius 3 is 2.92 bits per heavy atom. The number of carboxylic acid groups (broad SMARTS) is 1. The van der Waals surface area contributed by atoms with Gasteiger partial charge >= 0.3 is 5.97 Å². The van der Waals surface area contributed by atoms with Gasteiger partial charge in [0.1, 0.15) is 0 Å². The zero-order valence-corrected chi connectivity index (χ0v) is 7.58. The SMILES string of the molecule is CNCCc1cccc(C(=O)O)c1. The number of benzene rings is 1. The molecule has 3 nitrogen and oxygen atoms in total. The van der Waals surface area contributed by atoms with Crippen molar-refractivity contribution in [2.45, 2.75) is 6.42 Å².